The van der Waals surface area contributed by atoms with E-state index < -0.39 is 10.0 Å². The van der Waals surface area contributed by atoms with Crippen LogP contribution in [0.3, 0.4) is 0 Å². The van der Waals surface area contributed by atoms with Crippen LogP contribution < -0.4 is 9.46 Å². The molecule has 0 heterocycles. The van der Waals surface area contributed by atoms with Crippen LogP contribution in [0, 0.1) is 0 Å². The predicted octanol–water partition coefficient (Wildman–Crippen LogP) is 2.78. The topological polar surface area (TPSA) is 55.4 Å². The number of methoxy groups -OCH3 is 1. The lowest BCUT2D eigenvalue weighted by Gasteiger charge is -2.13. The predicted molar refractivity (Wildman–Crippen MR) is 83.0 cm³/mol. The fraction of sp³-hybridized carbons (Fsp3) is 0.250. The molecule has 0 aliphatic carbocycles. The van der Waals surface area contributed by atoms with E-state index in [9.17, 15) is 8.42 Å². The molecule has 0 saturated heterocycles. The first kappa shape index (κ1) is 15.5. The monoisotopic (exact) mass is 305 g/mol. The Labute approximate surface area is 125 Å². The third-order valence-electron chi connectivity index (χ3n) is 3.32. The molecular weight excluding hydrogens is 286 g/mol. The number of rotatable bonds is 6. The largest absolute Gasteiger partial charge is 0.497 e. The summed E-state index contributed by atoms with van der Waals surface area (Å²) in [5.74, 6) is 0.742. The van der Waals surface area contributed by atoms with Gasteiger partial charge in [-0.2, -0.15) is 0 Å². The third-order valence-corrected chi connectivity index (χ3v) is 4.76. The first-order chi connectivity index (χ1) is 10.0. The molecule has 0 amide bonds. The second-order valence-electron chi connectivity index (χ2n) is 4.84. The lowest BCUT2D eigenvalue weighted by molar-refractivity contribution is 0.414. The van der Waals surface area contributed by atoms with Gasteiger partial charge in [0.25, 0.3) is 0 Å². The molecular formula is C16H19NO3S. The number of hydrogen-bond donors (Lipinski definition) is 1. The molecule has 112 valence electrons. The van der Waals surface area contributed by atoms with Crippen LogP contribution in [0.15, 0.2) is 59.5 Å². The van der Waals surface area contributed by atoms with Gasteiger partial charge in [-0.25, -0.2) is 13.1 Å². The summed E-state index contributed by atoms with van der Waals surface area (Å²) in [6, 6.07) is 16.2. The molecule has 2 rings (SSSR count). The van der Waals surface area contributed by atoms with Crippen LogP contribution >= 0.6 is 0 Å². The van der Waals surface area contributed by atoms with Crippen molar-refractivity contribution in [2.75, 3.05) is 13.7 Å². The Balaban J connectivity index is 2.04. The smallest absolute Gasteiger partial charge is 0.240 e. The van der Waals surface area contributed by atoms with Gasteiger partial charge < -0.3 is 4.74 Å². The summed E-state index contributed by atoms with van der Waals surface area (Å²) in [7, 11) is -1.95. The highest BCUT2D eigenvalue weighted by atomic mass is 32.2. The summed E-state index contributed by atoms with van der Waals surface area (Å²) in [5, 5.41) is 0. The Morgan fingerprint density at radius 2 is 1.67 bits per heavy atom. The summed E-state index contributed by atoms with van der Waals surface area (Å²) >= 11 is 0. The van der Waals surface area contributed by atoms with Gasteiger partial charge in [0.05, 0.1) is 12.0 Å². The van der Waals surface area contributed by atoms with E-state index in [-0.39, 0.29) is 10.8 Å². The maximum absolute atomic E-state index is 12.2. The van der Waals surface area contributed by atoms with E-state index in [1.165, 1.54) is 12.1 Å². The van der Waals surface area contributed by atoms with Crippen LogP contribution in [0.1, 0.15) is 18.4 Å². The van der Waals surface area contributed by atoms with E-state index in [0.29, 0.717) is 12.3 Å². The molecule has 0 aromatic heterocycles. The van der Waals surface area contributed by atoms with Crippen molar-refractivity contribution >= 4 is 10.0 Å². The van der Waals surface area contributed by atoms with Crippen molar-refractivity contribution in [3.8, 4) is 5.75 Å². The quantitative estimate of drug-likeness (QED) is 0.893. The molecule has 0 spiro atoms. The number of benzene rings is 2. The minimum atomic E-state index is -3.49. The van der Waals surface area contributed by atoms with Gasteiger partial charge in [-0.3, -0.25) is 0 Å². The van der Waals surface area contributed by atoms with E-state index in [2.05, 4.69) is 4.72 Å². The van der Waals surface area contributed by atoms with Gasteiger partial charge in [-0.05, 0) is 35.7 Å². The molecule has 1 N–H and O–H groups in total. The van der Waals surface area contributed by atoms with Crippen molar-refractivity contribution in [2.45, 2.75) is 17.7 Å². The van der Waals surface area contributed by atoms with Crippen LogP contribution in [0.5, 0.6) is 5.75 Å². The average molecular weight is 305 g/mol. The molecule has 21 heavy (non-hydrogen) atoms. The second-order valence-corrected chi connectivity index (χ2v) is 6.61. The van der Waals surface area contributed by atoms with E-state index in [1.807, 2.05) is 37.3 Å². The molecule has 0 unspecified atom stereocenters. The van der Waals surface area contributed by atoms with Crippen molar-refractivity contribution < 1.29 is 13.2 Å². The zero-order chi connectivity index (χ0) is 15.3. The van der Waals surface area contributed by atoms with Gasteiger partial charge in [0, 0.05) is 6.54 Å². The molecule has 4 nitrogen and oxygen atoms in total. The van der Waals surface area contributed by atoms with E-state index >= 15 is 0 Å². The maximum atomic E-state index is 12.2. The fourth-order valence-corrected chi connectivity index (χ4v) is 3.10. The maximum Gasteiger partial charge on any atom is 0.240 e. The molecule has 0 fully saturated rings. The Kier molecular flexibility index (Phi) is 4.98. The summed E-state index contributed by atoms with van der Waals surface area (Å²) < 4.78 is 32.1. The Morgan fingerprint density at radius 3 is 2.24 bits per heavy atom. The Morgan fingerprint density at radius 1 is 1.05 bits per heavy atom. The minimum Gasteiger partial charge on any atom is -0.497 e. The molecule has 1 atom stereocenters. The first-order valence-electron chi connectivity index (χ1n) is 6.71. The molecule has 2 aromatic rings. The summed E-state index contributed by atoms with van der Waals surface area (Å²) in [5.41, 5.74) is 1.11. The molecule has 0 bridgehead atoms. The van der Waals surface area contributed by atoms with Crippen LogP contribution in [-0.4, -0.2) is 22.1 Å². The van der Waals surface area contributed by atoms with Crippen LogP contribution in [0.4, 0.5) is 0 Å². The number of ether oxygens (including phenoxy) is 1. The second kappa shape index (κ2) is 6.74. The van der Waals surface area contributed by atoms with Crippen molar-refractivity contribution in [1.82, 2.24) is 4.72 Å². The number of sulfonamides is 1. The average Bonchev–Trinajstić information content (AvgIpc) is 2.53. The van der Waals surface area contributed by atoms with Gasteiger partial charge in [0.15, 0.2) is 0 Å². The SMILES string of the molecule is COc1ccc(S(=O)(=O)NC[C@H](C)c2ccccc2)cc1. The third kappa shape index (κ3) is 4.06. The van der Waals surface area contributed by atoms with Gasteiger partial charge in [-0.15, -0.1) is 0 Å². The van der Waals surface area contributed by atoms with Crippen molar-refractivity contribution in [1.29, 1.82) is 0 Å². The summed E-state index contributed by atoms with van der Waals surface area (Å²) in [6.07, 6.45) is 0. The number of nitrogens with one attached hydrogen (secondary N) is 1. The summed E-state index contributed by atoms with van der Waals surface area (Å²) in [6.45, 7) is 2.35. The standard InChI is InChI=1S/C16H19NO3S/c1-13(14-6-4-3-5-7-14)12-17-21(18,19)16-10-8-15(20-2)9-11-16/h3-11,13,17H,12H2,1-2H3/t13-/m0/s1. The molecule has 2 aromatic carbocycles. The number of hydrogen-bond acceptors (Lipinski definition) is 3. The molecule has 0 saturated carbocycles. The Bertz CT molecular complexity index is 666. The molecule has 0 aliphatic rings. The van der Waals surface area contributed by atoms with Crippen molar-refractivity contribution in [2.24, 2.45) is 0 Å². The zero-order valence-corrected chi connectivity index (χ0v) is 12.9. The first-order valence-corrected chi connectivity index (χ1v) is 8.20. The van der Waals surface area contributed by atoms with Crippen molar-refractivity contribution in [3.05, 3.63) is 60.2 Å². The highest BCUT2D eigenvalue weighted by Crippen LogP contribution is 2.17. The normalized spacial score (nSPS) is 12.9. The summed E-state index contributed by atoms with van der Waals surface area (Å²) in [4.78, 5) is 0.239. The fourth-order valence-electron chi connectivity index (χ4n) is 1.97. The zero-order valence-electron chi connectivity index (χ0n) is 12.1. The molecule has 0 aliphatic heterocycles. The van der Waals surface area contributed by atoms with E-state index in [4.69, 9.17) is 4.74 Å². The van der Waals surface area contributed by atoms with Crippen molar-refractivity contribution in [3.63, 3.8) is 0 Å². The Hall–Kier alpha value is -1.85. The highest BCUT2D eigenvalue weighted by Gasteiger charge is 2.15. The van der Waals surface area contributed by atoms with Gasteiger partial charge in [-0.1, -0.05) is 37.3 Å². The molecule has 0 radical (unpaired) electrons. The van der Waals surface area contributed by atoms with E-state index in [1.54, 1.807) is 19.2 Å². The van der Waals surface area contributed by atoms with E-state index in [0.717, 1.165) is 5.56 Å². The minimum absolute atomic E-state index is 0.110. The lowest BCUT2D eigenvalue weighted by atomic mass is 10.0. The lowest BCUT2D eigenvalue weighted by Crippen LogP contribution is -2.27. The van der Waals surface area contributed by atoms with Crippen LogP contribution in [0.25, 0.3) is 0 Å². The van der Waals surface area contributed by atoms with Gasteiger partial charge >= 0.3 is 0 Å². The van der Waals surface area contributed by atoms with Gasteiger partial charge in [0.2, 0.25) is 10.0 Å². The van der Waals surface area contributed by atoms with Gasteiger partial charge in [0.1, 0.15) is 5.75 Å². The van der Waals surface area contributed by atoms with Crippen LogP contribution in [-0.2, 0) is 10.0 Å². The van der Waals surface area contributed by atoms with Crippen LogP contribution in [0.2, 0.25) is 0 Å². The highest BCUT2D eigenvalue weighted by molar-refractivity contribution is 7.89. The molecule has 5 heteroatoms.